The second-order valence-electron chi connectivity index (χ2n) is 4.59. The van der Waals surface area contributed by atoms with Crippen LogP contribution in [0.3, 0.4) is 0 Å². The average Bonchev–Trinajstić information content (AvgIpc) is 2.45. The quantitative estimate of drug-likeness (QED) is 0.639. The van der Waals surface area contributed by atoms with Gasteiger partial charge in [-0.05, 0) is 29.8 Å². The van der Waals surface area contributed by atoms with E-state index in [2.05, 4.69) is 10.4 Å². The average molecular weight is 291 g/mol. The Labute approximate surface area is 118 Å². The van der Waals surface area contributed by atoms with E-state index in [9.17, 15) is 8.42 Å². The lowest BCUT2D eigenvalue weighted by Crippen LogP contribution is -2.29. The van der Waals surface area contributed by atoms with Crippen molar-refractivity contribution < 1.29 is 8.42 Å². The molecule has 20 heavy (non-hydrogen) atoms. The molecular formula is C14H17N3O2S. The molecule has 0 aliphatic rings. The molecule has 1 atom stereocenters. The number of aromatic nitrogens is 1. The zero-order chi connectivity index (χ0) is 14.6. The van der Waals surface area contributed by atoms with E-state index in [1.54, 1.807) is 30.5 Å². The molecule has 106 valence electrons. The van der Waals surface area contributed by atoms with Gasteiger partial charge in [-0.1, -0.05) is 18.2 Å². The fourth-order valence-corrected chi connectivity index (χ4v) is 2.58. The maximum Gasteiger partial charge on any atom is 0.175 e. The lowest BCUT2D eigenvalue weighted by atomic mass is 10.0. The van der Waals surface area contributed by atoms with Gasteiger partial charge in [-0.15, -0.1) is 0 Å². The Morgan fingerprint density at radius 3 is 2.40 bits per heavy atom. The summed E-state index contributed by atoms with van der Waals surface area (Å²) in [6, 6.07) is 12.3. The number of pyridine rings is 1. The highest BCUT2D eigenvalue weighted by atomic mass is 32.2. The Kier molecular flexibility index (Phi) is 4.49. The van der Waals surface area contributed by atoms with E-state index >= 15 is 0 Å². The van der Waals surface area contributed by atoms with E-state index in [-0.39, 0.29) is 6.04 Å². The molecule has 0 fully saturated rings. The SMILES string of the molecule is CS(=O)(=O)c1ccc(C(Cc2ccccn2)NN)cc1. The van der Waals surface area contributed by atoms with Crippen LogP contribution in [0.5, 0.6) is 0 Å². The lowest BCUT2D eigenvalue weighted by molar-refractivity contribution is 0.545. The summed E-state index contributed by atoms with van der Waals surface area (Å²) >= 11 is 0. The number of rotatable bonds is 5. The first-order valence-electron chi connectivity index (χ1n) is 6.17. The molecule has 6 heteroatoms. The molecule has 1 unspecified atom stereocenters. The number of nitrogens with one attached hydrogen (secondary N) is 1. The molecule has 0 radical (unpaired) electrons. The summed E-state index contributed by atoms with van der Waals surface area (Å²) in [6.07, 6.45) is 3.56. The fraction of sp³-hybridized carbons (Fsp3) is 0.214. The second-order valence-corrected chi connectivity index (χ2v) is 6.60. The largest absolute Gasteiger partial charge is 0.271 e. The Morgan fingerprint density at radius 1 is 1.20 bits per heavy atom. The summed E-state index contributed by atoms with van der Waals surface area (Å²) in [5.41, 5.74) is 4.58. The first kappa shape index (κ1) is 14.6. The zero-order valence-corrected chi connectivity index (χ0v) is 12.0. The first-order valence-corrected chi connectivity index (χ1v) is 8.06. The van der Waals surface area contributed by atoms with Crippen molar-refractivity contribution in [3.63, 3.8) is 0 Å². The van der Waals surface area contributed by atoms with Crippen LogP contribution in [-0.4, -0.2) is 19.7 Å². The molecule has 0 saturated carbocycles. The van der Waals surface area contributed by atoms with Crippen molar-refractivity contribution in [3.8, 4) is 0 Å². The first-order chi connectivity index (χ1) is 9.50. The van der Waals surface area contributed by atoms with Gasteiger partial charge in [0.05, 0.1) is 10.9 Å². The lowest BCUT2D eigenvalue weighted by Gasteiger charge is -2.16. The molecule has 0 amide bonds. The molecular weight excluding hydrogens is 274 g/mol. The van der Waals surface area contributed by atoms with E-state index < -0.39 is 9.84 Å². The maximum absolute atomic E-state index is 11.4. The summed E-state index contributed by atoms with van der Waals surface area (Å²) in [7, 11) is -3.17. The van der Waals surface area contributed by atoms with Crippen LogP contribution in [-0.2, 0) is 16.3 Å². The minimum Gasteiger partial charge on any atom is -0.271 e. The summed E-state index contributed by atoms with van der Waals surface area (Å²) in [6.45, 7) is 0. The molecule has 0 aliphatic carbocycles. The fourth-order valence-electron chi connectivity index (χ4n) is 1.95. The van der Waals surface area contributed by atoms with E-state index in [0.29, 0.717) is 11.3 Å². The number of benzene rings is 1. The highest BCUT2D eigenvalue weighted by Gasteiger charge is 2.13. The Balaban J connectivity index is 2.20. The maximum atomic E-state index is 11.4. The molecule has 0 aliphatic heterocycles. The molecule has 3 N–H and O–H groups in total. The normalized spacial score (nSPS) is 13.1. The summed E-state index contributed by atoms with van der Waals surface area (Å²) < 4.78 is 22.8. The van der Waals surface area contributed by atoms with E-state index in [4.69, 9.17) is 5.84 Å². The van der Waals surface area contributed by atoms with E-state index in [1.807, 2.05) is 18.2 Å². The number of hydrogen-bond acceptors (Lipinski definition) is 5. The molecule has 0 saturated heterocycles. The predicted octanol–water partition coefficient (Wildman–Crippen LogP) is 1.23. The van der Waals surface area contributed by atoms with Crippen LogP contribution in [0, 0.1) is 0 Å². The molecule has 0 spiro atoms. The van der Waals surface area contributed by atoms with Crippen molar-refractivity contribution in [1.29, 1.82) is 0 Å². The van der Waals surface area contributed by atoms with Gasteiger partial charge in [-0.25, -0.2) is 8.42 Å². The Bertz CT molecular complexity index is 655. The van der Waals surface area contributed by atoms with Gasteiger partial charge in [-0.3, -0.25) is 16.3 Å². The van der Waals surface area contributed by atoms with Crippen LogP contribution in [0.1, 0.15) is 17.3 Å². The van der Waals surface area contributed by atoms with E-state index in [0.717, 1.165) is 11.3 Å². The van der Waals surface area contributed by atoms with Gasteiger partial charge in [0.1, 0.15) is 0 Å². The number of hydrazine groups is 1. The van der Waals surface area contributed by atoms with Gasteiger partial charge in [0.2, 0.25) is 0 Å². The van der Waals surface area contributed by atoms with Crippen LogP contribution < -0.4 is 11.3 Å². The van der Waals surface area contributed by atoms with Crippen LogP contribution in [0.25, 0.3) is 0 Å². The minimum absolute atomic E-state index is 0.112. The van der Waals surface area contributed by atoms with Crippen LogP contribution >= 0.6 is 0 Å². The Morgan fingerprint density at radius 2 is 1.90 bits per heavy atom. The topological polar surface area (TPSA) is 85.1 Å². The monoisotopic (exact) mass is 291 g/mol. The summed E-state index contributed by atoms with van der Waals surface area (Å²) in [4.78, 5) is 4.56. The third-order valence-electron chi connectivity index (χ3n) is 3.05. The van der Waals surface area contributed by atoms with Crippen LogP contribution in [0.4, 0.5) is 0 Å². The van der Waals surface area contributed by atoms with Crippen molar-refractivity contribution in [1.82, 2.24) is 10.4 Å². The molecule has 1 aromatic carbocycles. The predicted molar refractivity (Wildman–Crippen MR) is 77.6 cm³/mol. The van der Waals surface area contributed by atoms with Crippen LogP contribution in [0.15, 0.2) is 53.6 Å². The van der Waals surface area contributed by atoms with Gasteiger partial charge in [0, 0.05) is 24.6 Å². The minimum atomic E-state index is -3.17. The Hall–Kier alpha value is -1.76. The van der Waals surface area contributed by atoms with Gasteiger partial charge < -0.3 is 0 Å². The van der Waals surface area contributed by atoms with Crippen molar-refractivity contribution in [2.45, 2.75) is 17.4 Å². The number of nitrogens with two attached hydrogens (primary N) is 1. The number of nitrogens with zero attached hydrogens (tertiary/aromatic N) is 1. The molecule has 1 heterocycles. The highest BCUT2D eigenvalue weighted by Crippen LogP contribution is 2.19. The third kappa shape index (κ3) is 3.63. The molecule has 2 rings (SSSR count). The summed E-state index contributed by atoms with van der Waals surface area (Å²) in [5.74, 6) is 5.58. The van der Waals surface area contributed by atoms with Crippen molar-refractivity contribution in [2.24, 2.45) is 5.84 Å². The molecule has 2 aromatic rings. The van der Waals surface area contributed by atoms with Crippen molar-refractivity contribution in [3.05, 3.63) is 59.9 Å². The van der Waals surface area contributed by atoms with Gasteiger partial charge in [-0.2, -0.15) is 0 Å². The third-order valence-corrected chi connectivity index (χ3v) is 4.18. The van der Waals surface area contributed by atoms with Gasteiger partial charge in [0.15, 0.2) is 9.84 Å². The molecule has 0 bridgehead atoms. The van der Waals surface area contributed by atoms with E-state index in [1.165, 1.54) is 6.26 Å². The number of hydrogen-bond donors (Lipinski definition) is 2. The van der Waals surface area contributed by atoms with Gasteiger partial charge in [0.25, 0.3) is 0 Å². The molecule has 5 nitrogen and oxygen atoms in total. The van der Waals surface area contributed by atoms with Gasteiger partial charge >= 0.3 is 0 Å². The zero-order valence-electron chi connectivity index (χ0n) is 11.2. The van der Waals surface area contributed by atoms with Crippen molar-refractivity contribution >= 4 is 9.84 Å². The smallest absolute Gasteiger partial charge is 0.175 e. The highest BCUT2D eigenvalue weighted by molar-refractivity contribution is 7.90. The molecule has 1 aromatic heterocycles. The van der Waals surface area contributed by atoms with Crippen molar-refractivity contribution in [2.75, 3.05) is 6.26 Å². The summed E-state index contributed by atoms with van der Waals surface area (Å²) in [5, 5.41) is 0. The number of sulfone groups is 1. The standard InChI is InChI=1S/C14H17N3O2S/c1-20(18,19)13-7-5-11(6-8-13)14(17-15)10-12-4-2-3-9-16-12/h2-9,14,17H,10,15H2,1H3. The second kappa shape index (κ2) is 6.13. The van der Waals surface area contributed by atoms with Crippen LogP contribution in [0.2, 0.25) is 0 Å².